The number of halogens is 4. The number of hydrogen-bond donors (Lipinski definition) is 3. The van der Waals surface area contributed by atoms with E-state index in [1.807, 2.05) is 37.3 Å². The first-order valence-corrected chi connectivity index (χ1v) is 20.9. The maximum absolute atomic E-state index is 12.0. The van der Waals surface area contributed by atoms with E-state index in [0.29, 0.717) is 35.2 Å². The van der Waals surface area contributed by atoms with Gasteiger partial charge in [0.15, 0.2) is 0 Å². The molecule has 54 heavy (non-hydrogen) atoms. The van der Waals surface area contributed by atoms with Crippen LogP contribution in [-0.2, 0) is 4.79 Å². The summed E-state index contributed by atoms with van der Waals surface area (Å²) in [6.07, 6.45) is 11.5. The molecule has 0 aromatic heterocycles. The van der Waals surface area contributed by atoms with E-state index >= 15 is 0 Å². The monoisotopic (exact) mass is 832 g/mol. The van der Waals surface area contributed by atoms with Crippen molar-refractivity contribution in [1.29, 1.82) is 0 Å². The van der Waals surface area contributed by atoms with E-state index in [1.54, 1.807) is 24.3 Å². The number of nitrogens with zero attached hydrogens (tertiary/aromatic N) is 1. The smallest absolute Gasteiger partial charge is 0.261 e. The van der Waals surface area contributed by atoms with Gasteiger partial charge in [-0.3, -0.25) is 24.1 Å². The molecule has 4 atom stereocenters. The molecule has 0 spiro atoms. The highest BCUT2D eigenvalue weighted by Crippen LogP contribution is 2.23. The molecule has 2 aromatic rings. The van der Waals surface area contributed by atoms with Gasteiger partial charge in [0.25, 0.3) is 17.7 Å². The van der Waals surface area contributed by atoms with Crippen molar-refractivity contribution >= 4 is 70.0 Å². The Morgan fingerprint density at radius 1 is 0.630 bits per heavy atom. The van der Waals surface area contributed by atoms with E-state index in [2.05, 4.69) is 31.4 Å². The van der Waals surface area contributed by atoms with E-state index in [4.69, 9.17) is 52.1 Å². The fourth-order valence-electron chi connectivity index (χ4n) is 4.87. The number of fused-ring (bicyclic) bond motifs is 1. The lowest BCUT2D eigenvalue weighted by atomic mass is 10.1. The Bertz CT molecular complexity index is 1250. The van der Waals surface area contributed by atoms with Crippen LogP contribution in [0.2, 0.25) is 0 Å². The zero-order valence-corrected chi connectivity index (χ0v) is 35.5. The summed E-state index contributed by atoms with van der Waals surface area (Å²) in [6, 6.07) is 16.2. The van der Waals surface area contributed by atoms with Crippen molar-refractivity contribution in [1.82, 2.24) is 15.5 Å². The highest BCUT2D eigenvalue weighted by Gasteiger charge is 2.34. The predicted octanol–water partition coefficient (Wildman–Crippen LogP) is 10.6. The molecule has 12 heteroatoms. The van der Waals surface area contributed by atoms with E-state index in [0.717, 1.165) is 90.1 Å². The minimum atomic E-state index is -0.182. The predicted molar refractivity (Wildman–Crippen MR) is 232 cm³/mol. The SMILES string of the molecule is C.CCC(Cl)CCCN.CCC(Cl)CCCN1C(=O)c2ccccc2C1=O.CCC(Cl)CCCNC(=O)c1ccccc1.CCC(Cl)CCCNC(C)=O. The Labute approximate surface area is 347 Å². The minimum Gasteiger partial charge on any atom is -0.356 e. The van der Waals surface area contributed by atoms with Gasteiger partial charge in [-0.1, -0.05) is 65.5 Å². The van der Waals surface area contributed by atoms with Crippen molar-refractivity contribution in [3.05, 3.63) is 71.3 Å². The molecule has 0 saturated heterocycles. The quantitative estimate of drug-likeness (QED) is 0.0697. The van der Waals surface area contributed by atoms with E-state index < -0.39 is 0 Å². The van der Waals surface area contributed by atoms with Crippen molar-refractivity contribution < 1.29 is 19.2 Å². The fourth-order valence-corrected chi connectivity index (χ4v) is 5.49. The molecule has 3 rings (SSSR count). The van der Waals surface area contributed by atoms with Gasteiger partial charge in [-0.05, 0) is 108 Å². The number of benzene rings is 2. The molecular weight excluding hydrogens is 766 g/mol. The van der Waals surface area contributed by atoms with Crippen LogP contribution < -0.4 is 16.4 Å². The topological polar surface area (TPSA) is 122 Å². The zero-order chi connectivity index (χ0) is 40.0. The highest BCUT2D eigenvalue weighted by molar-refractivity contribution is 6.22. The molecule has 4 amide bonds. The average Bonchev–Trinajstić information content (AvgIpc) is 3.42. The highest BCUT2D eigenvalue weighted by atomic mass is 35.5. The standard InChI is InChI=1S/C14H16ClNO2.C13H18ClNO.C8H16ClNO.C6H14ClN.CH4/c1-2-10(15)6-5-9-16-13(17)11-7-3-4-8-12(11)14(16)18;1-2-12(14)9-6-10-15-13(16)11-7-4-3-5-8-11;1-3-8(9)5-4-6-10-7(2)11;1-2-6(7)4-3-5-8;/h3-4,7-8,10H,2,5-6,9H2,1H3;3-5,7-8,12H,2,6,9-10H2,1H3,(H,15,16);8H,3-6H2,1-2H3,(H,10,11);6H,2-5,8H2,1H3;1H4. The summed E-state index contributed by atoms with van der Waals surface area (Å²) in [6.45, 7) is 12.4. The summed E-state index contributed by atoms with van der Waals surface area (Å²) in [5.74, 6) is -0.340. The van der Waals surface area contributed by atoms with Crippen molar-refractivity contribution in [3.63, 3.8) is 0 Å². The summed E-state index contributed by atoms with van der Waals surface area (Å²) in [5, 5.41) is 6.58. The molecule has 2 aromatic carbocycles. The van der Waals surface area contributed by atoms with Crippen LogP contribution in [0.4, 0.5) is 0 Å². The number of nitrogens with two attached hydrogens (primary N) is 1. The summed E-state index contributed by atoms with van der Waals surface area (Å²) < 4.78 is 0. The first-order chi connectivity index (χ1) is 25.4. The van der Waals surface area contributed by atoms with Crippen LogP contribution in [0.5, 0.6) is 0 Å². The van der Waals surface area contributed by atoms with Gasteiger partial charge in [-0.25, -0.2) is 0 Å². The Morgan fingerprint density at radius 2 is 1.02 bits per heavy atom. The van der Waals surface area contributed by atoms with Gasteiger partial charge in [-0.15, -0.1) is 46.4 Å². The second-order valence-corrected chi connectivity index (χ2v) is 15.3. The third-order valence-corrected chi connectivity index (χ3v) is 10.5. The number of rotatable bonds is 20. The molecule has 0 bridgehead atoms. The number of hydrogen-bond acceptors (Lipinski definition) is 5. The molecule has 4 N–H and O–H groups in total. The van der Waals surface area contributed by atoms with Crippen LogP contribution in [0, 0.1) is 0 Å². The number of nitrogens with one attached hydrogen (secondary N) is 2. The first-order valence-electron chi connectivity index (χ1n) is 19.2. The summed E-state index contributed by atoms with van der Waals surface area (Å²) >= 11 is 23.7. The molecule has 308 valence electrons. The Morgan fingerprint density at radius 3 is 1.43 bits per heavy atom. The minimum absolute atomic E-state index is 0. The number of imide groups is 1. The second-order valence-electron chi connectivity index (χ2n) is 12.8. The Balaban J connectivity index is 0. The fraction of sp³-hybridized carbons (Fsp3) is 0.619. The van der Waals surface area contributed by atoms with Crippen LogP contribution in [0.15, 0.2) is 54.6 Å². The normalized spacial score (nSPS) is 13.6. The molecule has 0 saturated carbocycles. The summed E-state index contributed by atoms with van der Waals surface area (Å²) in [5.41, 5.74) is 7.01. The van der Waals surface area contributed by atoms with Crippen molar-refractivity contribution in [2.45, 2.75) is 141 Å². The lowest BCUT2D eigenvalue weighted by Gasteiger charge is -2.14. The van der Waals surface area contributed by atoms with Crippen LogP contribution in [0.3, 0.4) is 0 Å². The second kappa shape index (κ2) is 33.9. The van der Waals surface area contributed by atoms with Gasteiger partial charge in [0.2, 0.25) is 5.91 Å². The lowest BCUT2D eigenvalue weighted by Crippen LogP contribution is -2.31. The first kappa shape index (κ1) is 53.7. The van der Waals surface area contributed by atoms with Crippen LogP contribution in [0.25, 0.3) is 0 Å². The molecule has 8 nitrogen and oxygen atoms in total. The molecule has 0 radical (unpaired) electrons. The maximum Gasteiger partial charge on any atom is 0.261 e. The van der Waals surface area contributed by atoms with Crippen molar-refractivity contribution in [2.24, 2.45) is 5.73 Å². The molecule has 0 aliphatic carbocycles. The Hall–Kier alpha value is -2.36. The van der Waals surface area contributed by atoms with E-state index in [9.17, 15) is 19.2 Å². The van der Waals surface area contributed by atoms with Gasteiger partial charge in [0.05, 0.1) is 11.1 Å². The van der Waals surface area contributed by atoms with Gasteiger partial charge in [-0.2, -0.15) is 0 Å². The van der Waals surface area contributed by atoms with Crippen molar-refractivity contribution in [2.75, 3.05) is 26.2 Å². The largest absolute Gasteiger partial charge is 0.356 e. The number of carbonyl (C=O) groups is 4. The van der Waals surface area contributed by atoms with Crippen LogP contribution >= 0.6 is 46.4 Å². The molecule has 1 aliphatic heterocycles. The lowest BCUT2D eigenvalue weighted by molar-refractivity contribution is -0.118. The summed E-state index contributed by atoms with van der Waals surface area (Å²) in [4.78, 5) is 47.4. The number of amides is 4. The van der Waals surface area contributed by atoms with E-state index in [1.165, 1.54) is 11.8 Å². The van der Waals surface area contributed by atoms with Crippen LogP contribution in [0.1, 0.15) is 150 Å². The van der Waals surface area contributed by atoms with Gasteiger partial charge >= 0.3 is 0 Å². The number of carbonyl (C=O) groups excluding carboxylic acids is 4. The number of alkyl halides is 4. The van der Waals surface area contributed by atoms with Gasteiger partial charge < -0.3 is 16.4 Å². The molecule has 4 unspecified atom stereocenters. The van der Waals surface area contributed by atoms with Crippen molar-refractivity contribution in [3.8, 4) is 0 Å². The molecular formula is C42H68Cl4N4O4. The molecule has 0 fully saturated rings. The van der Waals surface area contributed by atoms with E-state index in [-0.39, 0.29) is 47.2 Å². The molecule has 1 aliphatic rings. The zero-order valence-electron chi connectivity index (χ0n) is 32.5. The third-order valence-electron chi connectivity index (χ3n) is 8.35. The average molecular weight is 835 g/mol. The van der Waals surface area contributed by atoms with Gasteiger partial charge in [0.1, 0.15) is 0 Å². The summed E-state index contributed by atoms with van der Waals surface area (Å²) in [7, 11) is 0. The van der Waals surface area contributed by atoms with Crippen LogP contribution in [-0.4, -0.2) is 76.2 Å². The molecule has 1 heterocycles. The Kier molecular flexibility index (Phi) is 33.8. The maximum atomic E-state index is 12.0. The third kappa shape index (κ3) is 24.9. The van der Waals surface area contributed by atoms with Gasteiger partial charge in [0, 0.05) is 53.6 Å².